The molecule has 1 aliphatic carbocycles. The molecule has 0 atom stereocenters. The normalized spacial score (nSPS) is 16.5. The highest BCUT2D eigenvalue weighted by Crippen LogP contribution is 2.44. The Labute approximate surface area is 116 Å². The fourth-order valence-electron chi connectivity index (χ4n) is 2.32. The minimum atomic E-state index is -0.497. The van der Waals surface area contributed by atoms with Crippen LogP contribution >= 0.6 is 15.9 Å². The summed E-state index contributed by atoms with van der Waals surface area (Å²) in [5, 5.41) is 10.1. The van der Waals surface area contributed by atoms with Gasteiger partial charge in [0, 0.05) is 12.0 Å². The molecule has 1 N–H and O–H groups in total. The molecule has 18 heavy (non-hydrogen) atoms. The Balaban J connectivity index is 2.48. The number of aliphatic hydroxyl groups is 1. The van der Waals surface area contributed by atoms with Gasteiger partial charge in [0.25, 0.3) is 0 Å². The Bertz CT molecular complexity index is 453. The maximum Gasteiger partial charge on any atom is 0.175 e. The zero-order valence-corrected chi connectivity index (χ0v) is 12.6. The molecule has 100 valence electrons. The molecule has 0 bridgehead atoms. The highest BCUT2D eigenvalue weighted by molar-refractivity contribution is 9.10. The van der Waals surface area contributed by atoms with Gasteiger partial charge in [0.1, 0.15) is 0 Å². The van der Waals surface area contributed by atoms with Crippen LogP contribution in [0.1, 0.15) is 30.9 Å². The highest BCUT2D eigenvalue weighted by Gasteiger charge is 2.41. The van der Waals surface area contributed by atoms with Crippen LogP contribution in [-0.2, 0) is 12.8 Å². The lowest BCUT2D eigenvalue weighted by Gasteiger charge is -2.19. The first kappa shape index (κ1) is 13.7. The first-order valence-corrected chi connectivity index (χ1v) is 6.98. The van der Waals surface area contributed by atoms with Crippen molar-refractivity contribution in [3.8, 4) is 11.5 Å². The fourth-order valence-corrected chi connectivity index (χ4v) is 2.94. The number of halogens is 1. The minimum absolute atomic E-state index is 0.497. The van der Waals surface area contributed by atoms with Gasteiger partial charge in [0.15, 0.2) is 11.5 Å². The first-order chi connectivity index (χ1) is 8.54. The molecule has 1 saturated carbocycles. The lowest BCUT2D eigenvalue weighted by atomic mass is 9.97. The lowest BCUT2D eigenvalue weighted by Crippen LogP contribution is -2.13. The van der Waals surface area contributed by atoms with E-state index in [0.29, 0.717) is 6.42 Å². The van der Waals surface area contributed by atoms with Crippen LogP contribution < -0.4 is 9.47 Å². The molecular formula is C14H19BrO3. The van der Waals surface area contributed by atoms with E-state index >= 15 is 0 Å². The van der Waals surface area contributed by atoms with E-state index in [0.717, 1.165) is 46.4 Å². The summed E-state index contributed by atoms with van der Waals surface area (Å²) in [4.78, 5) is 0. The van der Waals surface area contributed by atoms with Gasteiger partial charge >= 0.3 is 0 Å². The van der Waals surface area contributed by atoms with Crippen molar-refractivity contribution in [3.05, 3.63) is 21.7 Å². The third-order valence-corrected chi connectivity index (χ3v) is 4.08. The molecule has 1 aromatic rings. The quantitative estimate of drug-likeness (QED) is 0.907. The van der Waals surface area contributed by atoms with Crippen LogP contribution in [-0.4, -0.2) is 24.9 Å². The van der Waals surface area contributed by atoms with Crippen LogP contribution in [0.4, 0.5) is 0 Å². The summed E-state index contributed by atoms with van der Waals surface area (Å²) in [7, 11) is 3.29. The van der Waals surface area contributed by atoms with Gasteiger partial charge in [-0.15, -0.1) is 0 Å². The monoisotopic (exact) mass is 314 g/mol. The molecule has 0 radical (unpaired) electrons. The summed E-state index contributed by atoms with van der Waals surface area (Å²) in [6, 6.07) is 2.04. The largest absolute Gasteiger partial charge is 0.493 e. The molecule has 0 aliphatic heterocycles. The van der Waals surface area contributed by atoms with Crippen molar-refractivity contribution < 1.29 is 14.6 Å². The molecule has 0 spiro atoms. The summed E-state index contributed by atoms with van der Waals surface area (Å²) in [6.07, 6.45) is 3.33. The number of ether oxygens (including phenoxy) is 2. The van der Waals surface area contributed by atoms with E-state index in [1.165, 1.54) is 0 Å². The topological polar surface area (TPSA) is 38.7 Å². The van der Waals surface area contributed by atoms with Crippen LogP contribution in [0.5, 0.6) is 11.5 Å². The number of rotatable bonds is 5. The summed E-state index contributed by atoms with van der Waals surface area (Å²) < 4.78 is 11.7. The fraction of sp³-hybridized carbons (Fsp3) is 0.571. The first-order valence-electron chi connectivity index (χ1n) is 6.19. The summed E-state index contributed by atoms with van der Waals surface area (Å²) in [5.41, 5.74) is 1.77. The van der Waals surface area contributed by atoms with Crippen molar-refractivity contribution in [2.45, 2.75) is 38.2 Å². The van der Waals surface area contributed by atoms with E-state index in [4.69, 9.17) is 9.47 Å². The van der Waals surface area contributed by atoms with Crippen LogP contribution in [0.15, 0.2) is 10.5 Å². The number of benzene rings is 1. The third-order valence-electron chi connectivity index (χ3n) is 3.49. The Hall–Kier alpha value is -0.740. The molecular weight excluding hydrogens is 296 g/mol. The number of methoxy groups -OCH3 is 2. The minimum Gasteiger partial charge on any atom is -0.493 e. The molecule has 0 aromatic heterocycles. The van der Waals surface area contributed by atoms with Gasteiger partial charge in [0.2, 0.25) is 0 Å². The Morgan fingerprint density at radius 1 is 1.28 bits per heavy atom. The second-order valence-electron chi connectivity index (χ2n) is 4.82. The lowest BCUT2D eigenvalue weighted by molar-refractivity contribution is 0.150. The average molecular weight is 315 g/mol. The standard InChI is InChI=1S/C14H19BrO3/c1-4-10-9(8-14(16)5-6-14)7-11(15)13(18-3)12(10)17-2/h7,16H,4-6,8H2,1-3H3. The molecule has 1 aliphatic rings. The van der Waals surface area contributed by atoms with E-state index in [2.05, 4.69) is 22.9 Å². The zero-order chi connectivity index (χ0) is 13.3. The van der Waals surface area contributed by atoms with E-state index in [9.17, 15) is 5.11 Å². The summed E-state index contributed by atoms with van der Waals surface area (Å²) in [6.45, 7) is 2.09. The SMILES string of the molecule is CCc1c(CC2(O)CC2)cc(Br)c(OC)c1OC. The summed E-state index contributed by atoms with van der Waals surface area (Å²) >= 11 is 3.50. The van der Waals surface area contributed by atoms with Crippen molar-refractivity contribution in [1.29, 1.82) is 0 Å². The van der Waals surface area contributed by atoms with Crippen molar-refractivity contribution >= 4 is 15.9 Å². The van der Waals surface area contributed by atoms with Crippen LogP contribution in [0.25, 0.3) is 0 Å². The van der Waals surface area contributed by atoms with Crippen LogP contribution in [0.2, 0.25) is 0 Å². The molecule has 1 aromatic carbocycles. The second-order valence-corrected chi connectivity index (χ2v) is 5.67. The van der Waals surface area contributed by atoms with Crippen molar-refractivity contribution in [3.63, 3.8) is 0 Å². The second kappa shape index (κ2) is 5.10. The molecule has 0 saturated heterocycles. The summed E-state index contributed by atoms with van der Waals surface area (Å²) in [5.74, 6) is 1.49. The molecule has 2 rings (SSSR count). The number of hydrogen-bond acceptors (Lipinski definition) is 3. The Morgan fingerprint density at radius 3 is 2.33 bits per heavy atom. The number of hydrogen-bond donors (Lipinski definition) is 1. The Kier molecular flexibility index (Phi) is 3.87. The molecule has 4 heteroatoms. The third kappa shape index (κ3) is 2.50. The van der Waals surface area contributed by atoms with Crippen LogP contribution in [0.3, 0.4) is 0 Å². The van der Waals surface area contributed by atoms with E-state index in [-0.39, 0.29) is 0 Å². The van der Waals surface area contributed by atoms with Crippen molar-refractivity contribution in [2.24, 2.45) is 0 Å². The Morgan fingerprint density at radius 2 is 1.89 bits per heavy atom. The van der Waals surface area contributed by atoms with E-state index in [1.54, 1.807) is 14.2 Å². The van der Waals surface area contributed by atoms with E-state index < -0.39 is 5.60 Å². The maximum absolute atomic E-state index is 10.1. The van der Waals surface area contributed by atoms with Crippen LogP contribution in [0, 0.1) is 0 Å². The van der Waals surface area contributed by atoms with Crippen molar-refractivity contribution in [2.75, 3.05) is 14.2 Å². The molecule has 0 amide bonds. The predicted molar refractivity (Wildman–Crippen MR) is 74.5 cm³/mol. The average Bonchev–Trinajstić information content (AvgIpc) is 3.06. The smallest absolute Gasteiger partial charge is 0.175 e. The molecule has 3 nitrogen and oxygen atoms in total. The van der Waals surface area contributed by atoms with Crippen molar-refractivity contribution in [1.82, 2.24) is 0 Å². The van der Waals surface area contributed by atoms with Gasteiger partial charge in [-0.3, -0.25) is 0 Å². The van der Waals surface area contributed by atoms with Gasteiger partial charge in [-0.05, 0) is 46.8 Å². The predicted octanol–water partition coefficient (Wildman–Crippen LogP) is 3.10. The zero-order valence-electron chi connectivity index (χ0n) is 11.0. The van der Waals surface area contributed by atoms with Gasteiger partial charge in [-0.25, -0.2) is 0 Å². The van der Waals surface area contributed by atoms with E-state index in [1.807, 2.05) is 6.07 Å². The molecule has 0 heterocycles. The van der Waals surface area contributed by atoms with Gasteiger partial charge in [0.05, 0.1) is 24.3 Å². The van der Waals surface area contributed by atoms with Gasteiger partial charge < -0.3 is 14.6 Å². The van der Waals surface area contributed by atoms with Gasteiger partial charge in [-0.2, -0.15) is 0 Å². The van der Waals surface area contributed by atoms with Gasteiger partial charge in [-0.1, -0.05) is 6.92 Å². The molecule has 1 fully saturated rings. The maximum atomic E-state index is 10.1. The highest BCUT2D eigenvalue weighted by atomic mass is 79.9. The molecule has 0 unspecified atom stereocenters.